The van der Waals surface area contributed by atoms with Crippen LogP contribution in [0.15, 0.2) is 11.2 Å². The van der Waals surface area contributed by atoms with E-state index in [0.29, 0.717) is 19.0 Å². The maximum absolute atomic E-state index is 13.0. The molecule has 1 aromatic heterocycles. The Labute approximate surface area is 156 Å². The van der Waals surface area contributed by atoms with Crippen molar-refractivity contribution in [1.82, 2.24) is 19.4 Å². The van der Waals surface area contributed by atoms with Crippen molar-refractivity contribution in [2.24, 2.45) is 13.0 Å². The molecule has 146 valence electrons. The maximum Gasteiger partial charge on any atom is 0.263 e. The van der Waals surface area contributed by atoms with E-state index in [1.807, 2.05) is 0 Å². The van der Waals surface area contributed by atoms with Crippen LogP contribution in [0.5, 0.6) is 0 Å². The van der Waals surface area contributed by atoms with Gasteiger partial charge in [0.1, 0.15) is 0 Å². The van der Waals surface area contributed by atoms with E-state index in [9.17, 15) is 13.2 Å². The Balaban J connectivity index is 1.79. The van der Waals surface area contributed by atoms with Gasteiger partial charge >= 0.3 is 0 Å². The largest absolute Gasteiger partial charge is 0.349 e. The van der Waals surface area contributed by atoms with E-state index in [1.54, 1.807) is 7.05 Å². The van der Waals surface area contributed by atoms with Crippen LogP contribution in [-0.2, 0) is 17.1 Å². The minimum Gasteiger partial charge on any atom is -0.349 e. The van der Waals surface area contributed by atoms with E-state index in [-0.39, 0.29) is 22.5 Å². The van der Waals surface area contributed by atoms with Crippen LogP contribution in [0.25, 0.3) is 0 Å². The van der Waals surface area contributed by atoms with Crippen molar-refractivity contribution < 1.29 is 13.2 Å². The molecule has 1 amide bonds. The molecule has 3 rings (SSSR count). The Morgan fingerprint density at radius 3 is 2.35 bits per heavy atom. The highest BCUT2D eigenvalue weighted by Gasteiger charge is 2.34. The Morgan fingerprint density at radius 2 is 1.73 bits per heavy atom. The first-order chi connectivity index (χ1) is 12.4. The first-order valence-corrected chi connectivity index (χ1v) is 11.2. The van der Waals surface area contributed by atoms with Gasteiger partial charge in [0, 0.05) is 32.4 Å². The molecular formula is C18H30N4O3S. The molecule has 0 bridgehead atoms. The van der Waals surface area contributed by atoms with Gasteiger partial charge in [0.25, 0.3) is 15.9 Å². The van der Waals surface area contributed by atoms with Gasteiger partial charge in [-0.15, -0.1) is 0 Å². The third-order valence-electron chi connectivity index (χ3n) is 5.56. The van der Waals surface area contributed by atoms with E-state index in [2.05, 4.69) is 17.3 Å². The Hall–Kier alpha value is -1.41. The third-order valence-corrected chi connectivity index (χ3v) is 7.39. The number of sulfonamides is 1. The highest BCUT2D eigenvalue weighted by Crippen LogP contribution is 2.25. The summed E-state index contributed by atoms with van der Waals surface area (Å²) in [6.45, 7) is 3.11. The topological polar surface area (TPSA) is 84.3 Å². The lowest BCUT2D eigenvalue weighted by Gasteiger charge is -2.28. The number of aromatic nitrogens is 2. The summed E-state index contributed by atoms with van der Waals surface area (Å²) >= 11 is 0. The highest BCUT2D eigenvalue weighted by atomic mass is 32.2. The molecule has 1 aliphatic heterocycles. The Kier molecular flexibility index (Phi) is 6.02. The average molecular weight is 383 g/mol. The van der Waals surface area contributed by atoms with Gasteiger partial charge in [-0.05, 0) is 31.6 Å². The summed E-state index contributed by atoms with van der Waals surface area (Å²) in [5, 5.41) is 7.06. The number of hydrogen-bond acceptors (Lipinski definition) is 4. The van der Waals surface area contributed by atoms with Gasteiger partial charge in [-0.1, -0.05) is 32.6 Å². The van der Waals surface area contributed by atoms with Gasteiger partial charge in [0.05, 0.1) is 5.56 Å². The molecule has 0 atom stereocenters. The zero-order valence-corrected chi connectivity index (χ0v) is 16.6. The molecule has 2 aliphatic rings. The van der Waals surface area contributed by atoms with Crippen LogP contribution >= 0.6 is 0 Å². The van der Waals surface area contributed by atoms with E-state index in [0.717, 1.165) is 38.5 Å². The second-order valence-corrected chi connectivity index (χ2v) is 9.62. The number of carbonyl (C=O) groups excluding carboxylic acids is 1. The second kappa shape index (κ2) is 8.08. The van der Waals surface area contributed by atoms with E-state index >= 15 is 0 Å². The fourth-order valence-corrected chi connectivity index (χ4v) is 5.44. The predicted molar refractivity (Wildman–Crippen MR) is 99.3 cm³/mol. The minimum atomic E-state index is -3.75. The summed E-state index contributed by atoms with van der Waals surface area (Å²) in [6.07, 6.45) is 9.73. The van der Waals surface area contributed by atoms with Crippen LogP contribution in [0.3, 0.4) is 0 Å². The number of amides is 1. The smallest absolute Gasteiger partial charge is 0.263 e. The number of nitrogens with one attached hydrogen (secondary N) is 1. The number of piperidine rings is 1. The fraction of sp³-hybridized carbons (Fsp3) is 0.778. The van der Waals surface area contributed by atoms with Crippen LogP contribution in [0.4, 0.5) is 0 Å². The summed E-state index contributed by atoms with van der Waals surface area (Å²) in [5.41, 5.74) is 0.162. The number of rotatable bonds is 4. The van der Waals surface area contributed by atoms with Crippen LogP contribution in [0.2, 0.25) is 0 Å². The third kappa shape index (κ3) is 4.28. The first-order valence-electron chi connectivity index (χ1n) is 9.72. The number of hydrogen-bond donors (Lipinski definition) is 1. The number of carbonyl (C=O) groups is 1. The van der Waals surface area contributed by atoms with Gasteiger partial charge in [-0.3, -0.25) is 9.48 Å². The van der Waals surface area contributed by atoms with Gasteiger partial charge in [0.15, 0.2) is 0 Å². The molecule has 7 nitrogen and oxygen atoms in total. The molecule has 0 spiro atoms. The number of aryl methyl sites for hydroxylation is 1. The van der Waals surface area contributed by atoms with Crippen molar-refractivity contribution in [1.29, 1.82) is 0 Å². The Bertz CT molecular complexity index is 728. The SMILES string of the molecule is CC1CCN(S(=O)(=O)c2nn(C)cc2C(=O)NC2CCCCCC2)CC1. The van der Waals surface area contributed by atoms with E-state index in [4.69, 9.17) is 0 Å². The quantitative estimate of drug-likeness (QED) is 0.810. The Morgan fingerprint density at radius 1 is 1.12 bits per heavy atom. The summed E-state index contributed by atoms with van der Waals surface area (Å²) in [7, 11) is -2.10. The van der Waals surface area contributed by atoms with Crippen molar-refractivity contribution in [2.75, 3.05) is 13.1 Å². The standard InChI is InChI=1S/C18H30N4O3S/c1-14-9-11-22(12-10-14)26(24,25)18-16(13-21(2)20-18)17(23)19-15-7-5-3-4-6-8-15/h13-15H,3-12H2,1-2H3,(H,19,23). The summed E-state index contributed by atoms with van der Waals surface area (Å²) in [4.78, 5) is 12.8. The summed E-state index contributed by atoms with van der Waals surface area (Å²) < 4.78 is 29.0. The van der Waals surface area contributed by atoms with E-state index < -0.39 is 10.0 Å². The first kappa shape index (κ1) is 19.4. The monoisotopic (exact) mass is 382 g/mol. The second-order valence-electron chi connectivity index (χ2n) is 7.77. The van der Waals surface area contributed by atoms with Crippen LogP contribution < -0.4 is 5.32 Å². The molecule has 2 fully saturated rings. The van der Waals surface area contributed by atoms with Crippen LogP contribution in [0.1, 0.15) is 68.6 Å². The lowest BCUT2D eigenvalue weighted by molar-refractivity contribution is 0.0929. The fourth-order valence-electron chi connectivity index (χ4n) is 3.85. The summed E-state index contributed by atoms with van der Waals surface area (Å²) in [6, 6.07) is 0.122. The molecule has 1 aliphatic carbocycles. The molecular weight excluding hydrogens is 352 g/mol. The van der Waals surface area contributed by atoms with E-state index in [1.165, 1.54) is 28.0 Å². The zero-order valence-electron chi connectivity index (χ0n) is 15.8. The maximum atomic E-state index is 13.0. The van der Waals surface area contributed by atoms with Gasteiger partial charge in [-0.2, -0.15) is 9.40 Å². The molecule has 26 heavy (non-hydrogen) atoms. The van der Waals surface area contributed by atoms with Crippen molar-refractivity contribution >= 4 is 15.9 Å². The lowest BCUT2D eigenvalue weighted by atomic mass is 10.0. The summed E-state index contributed by atoms with van der Waals surface area (Å²) in [5.74, 6) is 0.206. The molecule has 1 aromatic rings. The predicted octanol–water partition coefficient (Wildman–Crippen LogP) is 2.29. The van der Waals surface area contributed by atoms with Crippen LogP contribution in [-0.4, -0.2) is 47.5 Å². The van der Waals surface area contributed by atoms with Gasteiger partial charge < -0.3 is 5.32 Å². The van der Waals surface area contributed by atoms with Crippen molar-refractivity contribution in [3.05, 3.63) is 11.8 Å². The normalized spacial score (nSPS) is 21.5. The number of nitrogens with zero attached hydrogens (tertiary/aromatic N) is 3. The molecule has 0 radical (unpaired) electrons. The zero-order chi connectivity index (χ0) is 18.7. The molecule has 1 N–H and O–H groups in total. The van der Waals surface area contributed by atoms with Crippen molar-refractivity contribution in [3.63, 3.8) is 0 Å². The molecule has 0 aromatic carbocycles. The molecule has 8 heteroatoms. The molecule has 1 saturated carbocycles. The molecule has 1 saturated heterocycles. The molecule has 2 heterocycles. The average Bonchev–Trinajstić information content (AvgIpc) is 2.83. The van der Waals surface area contributed by atoms with Gasteiger partial charge in [-0.25, -0.2) is 8.42 Å². The lowest BCUT2D eigenvalue weighted by Crippen LogP contribution is -2.40. The van der Waals surface area contributed by atoms with Crippen molar-refractivity contribution in [2.45, 2.75) is 69.4 Å². The van der Waals surface area contributed by atoms with Crippen molar-refractivity contribution in [3.8, 4) is 0 Å². The highest BCUT2D eigenvalue weighted by molar-refractivity contribution is 7.89. The van der Waals surface area contributed by atoms with Gasteiger partial charge in [0.2, 0.25) is 5.03 Å². The van der Waals surface area contributed by atoms with Crippen LogP contribution in [0, 0.1) is 5.92 Å². The minimum absolute atomic E-state index is 0.110. The molecule has 0 unspecified atom stereocenters.